The second-order valence-electron chi connectivity index (χ2n) is 8.92. The van der Waals surface area contributed by atoms with Crippen LogP contribution in [0.2, 0.25) is 5.72 Å². The van der Waals surface area contributed by atoms with Crippen molar-refractivity contribution in [2.45, 2.75) is 90.4 Å². The third-order valence-electron chi connectivity index (χ3n) is 6.15. The first-order chi connectivity index (χ1) is 10.2. The van der Waals surface area contributed by atoms with Crippen molar-refractivity contribution in [1.82, 2.24) is 0 Å². The van der Waals surface area contributed by atoms with E-state index in [4.69, 9.17) is 18.6 Å². The van der Waals surface area contributed by atoms with Gasteiger partial charge in [-0.1, -0.05) is 13.0 Å². The molecule has 0 aromatic carbocycles. The molecule has 0 amide bonds. The van der Waals surface area contributed by atoms with E-state index in [2.05, 4.69) is 68.9 Å². The normalized spacial score (nSPS) is 29.1. The van der Waals surface area contributed by atoms with Gasteiger partial charge >= 0.3 is 14.2 Å². The van der Waals surface area contributed by atoms with Crippen LogP contribution in [0.3, 0.4) is 0 Å². The van der Waals surface area contributed by atoms with Gasteiger partial charge in [-0.15, -0.1) is 6.58 Å². The minimum Gasteiger partial charge on any atom is -0.403 e. The highest BCUT2D eigenvalue weighted by molar-refractivity contribution is 6.68. The number of rotatable bonds is 4. The largest absolute Gasteiger partial charge is 0.459 e. The Labute approximate surface area is 142 Å². The zero-order chi connectivity index (χ0) is 17.8. The highest BCUT2D eigenvalue weighted by Gasteiger charge is 2.62. The molecule has 0 aliphatic carbocycles. The van der Waals surface area contributed by atoms with Crippen LogP contribution in [0.15, 0.2) is 12.7 Å². The van der Waals surface area contributed by atoms with E-state index in [1.807, 2.05) is 6.08 Å². The molecule has 1 atom stereocenters. The zero-order valence-electron chi connectivity index (χ0n) is 16.2. The van der Waals surface area contributed by atoms with Crippen LogP contribution >= 0.6 is 0 Å². The second kappa shape index (κ2) is 5.62. The van der Waals surface area contributed by atoms with Crippen molar-refractivity contribution in [3.63, 3.8) is 0 Å². The van der Waals surface area contributed by atoms with Crippen molar-refractivity contribution in [3.8, 4) is 0 Å². The van der Waals surface area contributed by atoms with Crippen LogP contribution in [0.4, 0.5) is 0 Å². The minimum atomic E-state index is -0.386. The molecular formula is C17H32B2O4. The lowest BCUT2D eigenvalue weighted by atomic mass is 9.47. The molecule has 130 valence electrons. The van der Waals surface area contributed by atoms with Gasteiger partial charge in [0.25, 0.3) is 0 Å². The van der Waals surface area contributed by atoms with Gasteiger partial charge in [-0.25, -0.2) is 0 Å². The van der Waals surface area contributed by atoms with Gasteiger partial charge in [-0.05, 0) is 61.3 Å². The van der Waals surface area contributed by atoms with E-state index in [-0.39, 0.29) is 48.3 Å². The standard InChI is InChI=1S/C17H32B2O4/c1-11-12(2)13(18-20-14(3,4)15(5,6)21-18)19-22-16(7,8)17(9,10)23-19/h11-13H,1H2,2-10H3/t12-/m0/s1. The Balaban J connectivity index is 2.29. The van der Waals surface area contributed by atoms with Gasteiger partial charge in [0.15, 0.2) is 0 Å². The Morgan fingerprint density at radius 2 is 0.957 bits per heavy atom. The van der Waals surface area contributed by atoms with Crippen LogP contribution in [0.5, 0.6) is 0 Å². The molecule has 2 aliphatic heterocycles. The fourth-order valence-corrected chi connectivity index (χ4v) is 2.87. The smallest absolute Gasteiger partial charge is 0.403 e. The van der Waals surface area contributed by atoms with Gasteiger partial charge in [0.05, 0.1) is 22.4 Å². The predicted molar refractivity (Wildman–Crippen MR) is 95.3 cm³/mol. The summed E-state index contributed by atoms with van der Waals surface area (Å²) >= 11 is 0. The quantitative estimate of drug-likeness (QED) is 0.581. The van der Waals surface area contributed by atoms with Crippen LogP contribution in [0.25, 0.3) is 0 Å². The number of hydrogen-bond acceptors (Lipinski definition) is 4. The molecule has 6 heteroatoms. The van der Waals surface area contributed by atoms with E-state index in [0.717, 1.165) is 0 Å². The third-order valence-corrected chi connectivity index (χ3v) is 6.15. The lowest BCUT2D eigenvalue weighted by molar-refractivity contribution is 0.00578. The Morgan fingerprint density at radius 1 is 0.696 bits per heavy atom. The molecule has 2 fully saturated rings. The van der Waals surface area contributed by atoms with Crippen LogP contribution in [-0.4, -0.2) is 36.6 Å². The fraction of sp³-hybridized carbons (Fsp3) is 0.882. The first-order valence-electron chi connectivity index (χ1n) is 8.58. The Bertz CT molecular complexity index is 405. The first-order valence-corrected chi connectivity index (χ1v) is 8.58. The number of hydrogen-bond donors (Lipinski definition) is 0. The van der Waals surface area contributed by atoms with Gasteiger partial charge in [0.1, 0.15) is 0 Å². The summed E-state index contributed by atoms with van der Waals surface area (Å²) in [5.41, 5.74) is -1.57. The highest BCUT2D eigenvalue weighted by atomic mass is 16.7. The summed E-state index contributed by atoms with van der Waals surface area (Å²) in [5, 5.41) is 0. The van der Waals surface area contributed by atoms with Crippen molar-refractivity contribution in [3.05, 3.63) is 12.7 Å². The molecule has 0 spiro atoms. The average molecular weight is 322 g/mol. The van der Waals surface area contributed by atoms with Crippen LogP contribution < -0.4 is 0 Å². The molecule has 2 aliphatic rings. The second-order valence-corrected chi connectivity index (χ2v) is 8.92. The first kappa shape index (κ1) is 19.0. The molecule has 2 saturated heterocycles. The van der Waals surface area contributed by atoms with Gasteiger partial charge in [0, 0.05) is 5.72 Å². The van der Waals surface area contributed by atoms with Gasteiger partial charge in [-0.2, -0.15) is 0 Å². The van der Waals surface area contributed by atoms with E-state index in [9.17, 15) is 0 Å². The molecule has 0 aromatic rings. The molecule has 0 aromatic heterocycles. The molecule has 0 saturated carbocycles. The lowest BCUT2D eigenvalue weighted by Crippen LogP contribution is -2.41. The van der Waals surface area contributed by atoms with Crippen molar-refractivity contribution >= 4 is 14.2 Å². The van der Waals surface area contributed by atoms with Crippen molar-refractivity contribution < 1.29 is 18.6 Å². The zero-order valence-corrected chi connectivity index (χ0v) is 16.2. The predicted octanol–water partition coefficient (Wildman–Crippen LogP) is 3.90. The van der Waals surface area contributed by atoms with E-state index < -0.39 is 0 Å². The van der Waals surface area contributed by atoms with Crippen molar-refractivity contribution in [2.24, 2.45) is 5.92 Å². The van der Waals surface area contributed by atoms with E-state index in [1.165, 1.54) is 0 Å². The SMILES string of the molecule is C=C[C@H](C)C(B1OC(C)(C)C(C)(C)O1)B1OC(C)(C)C(C)(C)O1. The van der Waals surface area contributed by atoms with Crippen molar-refractivity contribution in [1.29, 1.82) is 0 Å². The molecule has 2 rings (SSSR count). The van der Waals surface area contributed by atoms with Gasteiger partial charge in [0.2, 0.25) is 0 Å². The molecule has 0 N–H and O–H groups in total. The summed E-state index contributed by atoms with van der Waals surface area (Å²) < 4.78 is 25.1. The summed E-state index contributed by atoms with van der Waals surface area (Å²) in [6, 6.07) is 0. The minimum absolute atomic E-state index is 0.0744. The third kappa shape index (κ3) is 3.15. The molecule has 0 radical (unpaired) electrons. The molecule has 0 unspecified atom stereocenters. The maximum absolute atomic E-state index is 6.27. The highest BCUT2D eigenvalue weighted by Crippen LogP contribution is 2.47. The summed E-state index contributed by atoms with van der Waals surface area (Å²) in [6.07, 6.45) is 1.92. The van der Waals surface area contributed by atoms with Crippen LogP contribution in [-0.2, 0) is 18.6 Å². The topological polar surface area (TPSA) is 36.9 Å². The monoisotopic (exact) mass is 322 g/mol. The Morgan fingerprint density at radius 3 is 1.17 bits per heavy atom. The maximum Gasteiger partial charge on any atom is 0.459 e. The molecule has 23 heavy (non-hydrogen) atoms. The van der Waals surface area contributed by atoms with E-state index in [0.29, 0.717) is 0 Å². The fourth-order valence-electron chi connectivity index (χ4n) is 2.87. The summed E-state index contributed by atoms with van der Waals surface area (Å²) in [5.74, 6) is 0.138. The Kier molecular flexibility index (Phi) is 4.65. The summed E-state index contributed by atoms with van der Waals surface area (Å²) in [6.45, 7) is 22.6. The molecule has 4 nitrogen and oxygen atoms in total. The Hall–Kier alpha value is -0.290. The average Bonchev–Trinajstić information content (AvgIpc) is 2.68. The summed E-state index contributed by atoms with van der Waals surface area (Å²) in [7, 11) is -0.773. The van der Waals surface area contributed by atoms with E-state index in [1.54, 1.807) is 0 Å². The van der Waals surface area contributed by atoms with E-state index >= 15 is 0 Å². The molecule has 2 heterocycles. The van der Waals surface area contributed by atoms with Crippen molar-refractivity contribution in [2.75, 3.05) is 0 Å². The maximum atomic E-state index is 6.27. The summed E-state index contributed by atoms with van der Waals surface area (Å²) in [4.78, 5) is 0. The molecular weight excluding hydrogens is 290 g/mol. The van der Waals surface area contributed by atoms with Gasteiger partial charge < -0.3 is 18.6 Å². The van der Waals surface area contributed by atoms with Crippen LogP contribution in [0.1, 0.15) is 62.3 Å². The van der Waals surface area contributed by atoms with Crippen LogP contribution in [0, 0.1) is 5.92 Å². The molecule has 0 bridgehead atoms. The lowest BCUT2D eigenvalue weighted by Gasteiger charge is -2.32. The number of allylic oxidation sites excluding steroid dienone is 1. The van der Waals surface area contributed by atoms with Gasteiger partial charge in [-0.3, -0.25) is 0 Å².